The molecule has 1 atom stereocenters. The number of nitrogens with zero attached hydrogens (tertiary/aromatic N) is 2. The van der Waals surface area contributed by atoms with Gasteiger partial charge in [-0.2, -0.15) is 0 Å². The molecule has 22 heavy (non-hydrogen) atoms. The Labute approximate surface area is 129 Å². The molecule has 1 aromatic carbocycles. The number of carbonyl (C=O) groups is 1. The van der Waals surface area contributed by atoms with Crippen LogP contribution in [0, 0.1) is 0 Å². The maximum Gasteiger partial charge on any atom is 0.241 e. The van der Waals surface area contributed by atoms with Crippen LogP contribution < -0.4 is 4.74 Å². The first-order chi connectivity index (χ1) is 10.9. The fraction of sp³-hybridized carbons (Fsp3) is 0.353. The second-order valence-electron chi connectivity index (χ2n) is 5.28. The van der Waals surface area contributed by atoms with Crippen molar-refractivity contribution in [3.05, 3.63) is 47.9 Å². The van der Waals surface area contributed by atoms with Crippen LogP contribution in [0.5, 0.6) is 11.6 Å². The van der Waals surface area contributed by atoms with E-state index in [1.807, 2.05) is 0 Å². The first-order valence-corrected chi connectivity index (χ1v) is 7.48. The summed E-state index contributed by atoms with van der Waals surface area (Å²) in [6.45, 7) is 1.55. The Bertz CT molecular complexity index is 620. The van der Waals surface area contributed by atoms with Gasteiger partial charge in [0, 0.05) is 37.1 Å². The van der Waals surface area contributed by atoms with Crippen molar-refractivity contribution in [3.63, 3.8) is 0 Å². The molecule has 1 aliphatic rings. The summed E-state index contributed by atoms with van der Waals surface area (Å²) < 4.78 is 11.4. The Balaban J connectivity index is 1.81. The average Bonchev–Trinajstić information content (AvgIpc) is 2.85. The van der Waals surface area contributed by atoms with E-state index in [1.54, 1.807) is 36.7 Å². The molecule has 1 saturated heterocycles. The number of aromatic nitrogens is 2. The van der Waals surface area contributed by atoms with Gasteiger partial charge >= 0.3 is 0 Å². The summed E-state index contributed by atoms with van der Waals surface area (Å²) in [6, 6.07) is 6.96. The molecule has 0 N–H and O–H groups in total. The normalized spacial score (nSPS) is 18.5. The third kappa shape index (κ3) is 3.49. The summed E-state index contributed by atoms with van der Waals surface area (Å²) in [7, 11) is 0. The molecule has 2 heterocycles. The molecule has 2 aromatic rings. The molecular weight excluding hydrogens is 280 g/mol. The highest BCUT2D eigenvalue weighted by molar-refractivity contribution is 5.74. The highest BCUT2D eigenvalue weighted by atomic mass is 16.5. The molecule has 1 aromatic heterocycles. The van der Waals surface area contributed by atoms with Crippen molar-refractivity contribution in [1.82, 2.24) is 9.97 Å². The smallest absolute Gasteiger partial charge is 0.241 e. The molecule has 3 rings (SSSR count). The summed E-state index contributed by atoms with van der Waals surface area (Å²) in [5, 5.41) is 0. The quantitative estimate of drug-likeness (QED) is 0.810. The van der Waals surface area contributed by atoms with Gasteiger partial charge in [-0.3, -0.25) is 9.78 Å². The van der Waals surface area contributed by atoms with E-state index in [4.69, 9.17) is 9.47 Å². The van der Waals surface area contributed by atoms with E-state index >= 15 is 0 Å². The van der Waals surface area contributed by atoms with Crippen LogP contribution in [0.4, 0.5) is 0 Å². The van der Waals surface area contributed by atoms with Gasteiger partial charge in [-0.1, -0.05) is 0 Å². The van der Waals surface area contributed by atoms with Gasteiger partial charge < -0.3 is 9.47 Å². The molecule has 1 aliphatic heterocycles. The van der Waals surface area contributed by atoms with Crippen molar-refractivity contribution in [2.24, 2.45) is 0 Å². The van der Waals surface area contributed by atoms with Gasteiger partial charge in [0.15, 0.2) is 0 Å². The highest BCUT2D eigenvalue weighted by Crippen LogP contribution is 2.32. The lowest BCUT2D eigenvalue weighted by molar-refractivity contribution is 0.112. The summed E-state index contributed by atoms with van der Waals surface area (Å²) in [6.07, 6.45) is 7.12. The summed E-state index contributed by atoms with van der Waals surface area (Å²) in [4.78, 5) is 19.5. The molecule has 1 unspecified atom stereocenters. The van der Waals surface area contributed by atoms with Gasteiger partial charge in [0.05, 0.1) is 0 Å². The number of aldehydes is 1. The zero-order valence-corrected chi connectivity index (χ0v) is 12.3. The maximum atomic E-state index is 10.7. The molecule has 5 nitrogen and oxygen atoms in total. The molecule has 0 amide bonds. The van der Waals surface area contributed by atoms with Crippen molar-refractivity contribution in [2.75, 3.05) is 13.2 Å². The van der Waals surface area contributed by atoms with Crippen LogP contribution in [0.25, 0.3) is 0 Å². The van der Waals surface area contributed by atoms with Crippen molar-refractivity contribution >= 4 is 6.29 Å². The minimum Gasteiger partial charge on any atom is -0.437 e. The van der Waals surface area contributed by atoms with Crippen molar-refractivity contribution in [1.29, 1.82) is 0 Å². The SMILES string of the molecule is O=Cc1ccc(Oc2nccnc2C2CCCOCC2)cc1. The number of carbonyl (C=O) groups excluding carboxylic acids is 1. The van der Waals surface area contributed by atoms with Crippen LogP contribution in [0.3, 0.4) is 0 Å². The van der Waals surface area contributed by atoms with E-state index in [-0.39, 0.29) is 0 Å². The fourth-order valence-electron chi connectivity index (χ4n) is 2.60. The lowest BCUT2D eigenvalue weighted by atomic mass is 9.97. The predicted molar refractivity (Wildman–Crippen MR) is 81.3 cm³/mol. The van der Waals surface area contributed by atoms with Crippen molar-refractivity contribution in [3.8, 4) is 11.6 Å². The average molecular weight is 298 g/mol. The summed E-state index contributed by atoms with van der Waals surface area (Å²) >= 11 is 0. The molecule has 0 bridgehead atoms. The lowest BCUT2D eigenvalue weighted by Gasteiger charge is -2.16. The van der Waals surface area contributed by atoms with E-state index < -0.39 is 0 Å². The van der Waals surface area contributed by atoms with E-state index in [9.17, 15) is 4.79 Å². The third-order valence-corrected chi connectivity index (χ3v) is 3.76. The Morgan fingerprint density at radius 2 is 1.91 bits per heavy atom. The molecule has 5 heteroatoms. The second kappa shape index (κ2) is 7.13. The molecule has 114 valence electrons. The standard InChI is InChI=1S/C17H18N2O3/c20-12-13-3-5-15(6-4-13)22-17-16(18-8-9-19-17)14-2-1-10-21-11-7-14/h3-6,8-9,12,14H,1-2,7,10-11H2. The van der Waals surface area contributed by atoms with Gasteiger partial charge in [-0.05, 0) is 43.5 Å². The predicted octanol–water partition coefficient (Wildman–Crippen LogP) is 3.37. The summed E-state index contributed by atoms with van der Waals surface area (Å²) in [5.41, 5.74) is 1.50. The van der Waals surface area contributed by atoms with E-state index in [2.05, 4.69) is 9.97 Å². The Morgan fingerprint density at radius 3 is 2.73 bits per heavy atom. The topological polar surface area (TPSA) is 61.3 Å². The Kier molecular flexibility index (Phi) is 4.75. The van der Waals surface area contributed by atoms with Crippen LogP contribution in [-0.2, 0) is 4.74 Å². The van der Waals surface area contributed by atoms with Crippen LogP contribution in [-0.4, -0.2) is 29.5 Å². The van der Waals surface area contributed by atoms with Crippen molar-refractivity contribution < 1.29 is 14.3 Å². The van der Waals surface area contributed by atoms with Gasteiger partial charge in [-0.15, -0.1) is 0 Å². The Morgan fingerprint density at radius 1 is 1.09 bits per heavy atom. The Hall–Kier alpha value is -2.27. The number of hydrogen-bond acceptors (Lipinski definition) is 5. The zero-order chi connectivity index (χ0) is 15.2. The van der Waals surface area contributed by atoms with E-state index in [0.29, 0.717) is 23.1 Å². The molecule has 0 spiro atoms. The van der Waals surface area contributed by atoms with Gasteiger partial charge in [0.1, 0.15) is 17.7 Å². The first kappa shape index (κ1) is 14.7. The minimum atomic E-state index is 0.306. The molecule has 0 radical (unpaired) electrons. The second-order valence-corrected chi connectivity index (χ2v) is 5.28. The lowest BCUT2D eigenvalue weighted by Crippen LogP contribution is -2.06. The first-order valence-electron chi connectivity index (χ1n) is 7.48. The molecule has 1 fully saturated rings. The van der Waals surface area contributed by atoms with Crippen LogP contribution in [0.2, 0.25) is 0 Å². The van der Waals surface area contributed by atoms with E-state index in [0.717, 1.165) is 44.5 Å². The van der Waals surface area contributed by atoms with Gasteiger partial charge in [0.2, 0.25) is 5.88 Å². The molecule has 0 saturated carbocycles. The van der Waals surface area contributed by atoms with Gasteiger partial charge in [0.25, 0.3) is 0 Å². The largest absolute Gasteiger partial charge is 0.437 e. The van der Waals surface area contributed by atoms with Crippen LogP contribution in [0.1, 0.15) is 41.2 Å². The number of hydrogen-bond donors (Lipinski definition) is 0. The minimum absolute atomic E-state index is 0.306. The monoisotopic (exact) mass is 298 g/mol. The molecular formula is C17H18N2O3. The van der Waals surface area contributed by atoms with Crippen LogP contribution >= 0.6 is 0 Å². The fourth-order valence-corrected chi connectivity index (χ4v) is 2.60. The third-order valence-electron chi connectivity index (χ3n) is 3.76. The van der Waals surface area contributed by atoms with Crippen molar-refractivity contribution in [2.45, 2.75) is 25.2 Å². The number of ether oxygens (including phenoxy) is 2. The van der Waals surface area contributed by atoms with E-state index in [1.165, 1.54) is 0 Å². The maximum absolute atomic E-state index is 10.7. The highest BCUT2D eigenvalue weighted by Gasteiger charge is 2.21. The zero-order valence-electron chi connectivity index (χ0n) is 12.3. The van der Waals surface area contributed by atoms with Crippen LogP contribution in [0.15, 0.2) is 36.7 Å². The molecule has 0 aliphatic carbocycles. The number of benzene rings is 1. The van der Waals surface area contributed by atoms with Gasteiger partial charge in [-0.25, -0.2) is 4.98 Å². The number of rotatable bonds is 4. The summed E-state index contributed by atoms with van der Waals surface area (Å²) in [5.74, 6) is 1.49.